The SMILES string of the molecule is CCc1nsc(N2CCN(C(=NC)NCCNC(=O)C(C)C)CC2)n1.I. The smallest absolute Gasteiger partial charge is 0.222 e. The molecule has 2 heterocycles. The Kier molecular flexibility index (Phi) is 10.1. The summed E-state index contributed by atoms with van der Waals surface area (Å²) >= 11 is 1.48. The minimum absolute atomic E-state index is 0. The van der Waals surface area contributed by atoms with E-state index in [4.69, 9.17) is 0 Å². The Morgan fingerprint density at radius 1 is 1.23 bits per heavy atom. The first-order chi connectivity index (χ1) is 12.0. The average molecular weight is 495 g/mol. The number of guanidine groups is 1. The van der Waals surface area contributed by atoms with E-state index in [1.54, 1.807) is 7.05 Å². The lowest BCUT2D eigenvalue weighted by molar-refractivity contribution is -0.123. The van der Waals surface area contributed by atoms with Crippen LogP contribution in [0.1, 0.15) is 26.6 Å². The van der Waals surface area contributed by atoms with E-state index in [0.29, 0.717) is 13.1 Å². The molecule has 1 saturated heterocycles. The normalized spacial score (nSPS) is 15.0. The quantitative estimate of drug-likeness (QED) is 0.267. The average Bonchev–Trinajstić information content (AvgIpc) is 3.11. The molecular weight excluding hydrogens is 465 g/mol. The number of amides is 1. The van der Waals surface area contributed by atoms with Gasteiger partial charge in [-0.25, -0.2) is 4.98 Å². The number of carbonyl (C=O) groups excluding carboxylic acids is 1. The number of nitrogens with zero attached hydrogens (tertiary/aromatic N) is 5. The van der Waals surface area contributed by atoms with Gasteiger partial charge in [-0.15, -0.1) is 24.0 Å². The maximum absolute atomic E-state index is 11.6. The van der Waals surface area contributed by atoms with Crippen molar-refractivity contribution in [2.45, 2.75) is 27.2 Å². The van der Waals surface area contributed by atoms with Gasteiger partial charge in [-0.05, 0) is 0 Å². The molecule has 2 N–H and O–H groups in total. The number of halogens is 1. The van der Waals surface area contributed by atoms with Crippen molar-refractivity contribution in [3.8, 4) is 0 Å². The van der Waals surface area contributed by atoms with E-state index in [1.807, 2.05) is 13.8 Å². The van der Waals surface area contributed by atoms with Gasteiger partial charge in [0.1, 0.15) is 5.82 Å². The molecular formula is C16H30IN7OS. The predicted molar refractivity (Wildman–Crippen MR) is 118 cm³/mol. The summed E-state index contributed by atoms with van der Waals surface area (Å²) in [5.74, 6) is 1.89. The summed E-state index contributed by atoms with van der Waals surface area (Å²) in [4.78, 5) is 25.0. The summed E-state index contributed by atoms with van der Waals surface area (Å²) < 4.78 is 4.36. The molecule has 0 saturated carbocycles. The Balaban J connectivity index is 0.00000338. The van der Waals surface area contributed by atoms with Gasteiger partial charge in [0, 0.05) is 70.2 Å². The lowest BCUT2D eigenvalue weighted by atomic mass is 10.2. The molecule has 1 aliphatic heterocycles. The maximum atomic E-state index is 11.6. The molecule has 1 aromatic rings. The van der Waals surface area contributed by atoms with E-state index in [9.17, 15) is 4.79 Å². The number of aromatic nitrogens is 2. The Morgan fingerprint density at radius 3 is 2.42 bits per heavy atom. The topological polar surface area (TPSA) is 85.8 Å². The van der Waals surface area contributed by atoms with Gasteiger partial charge in [-0.2, -0.15) is 4.37 Å². The zero-order valence-corrected chi connectivity index (χ0v) is 19.1. The molecule has 0 bridgehead atoms. The van der Waals surface area contributed by atoms with Gasteiger partial charge in [-0.1, -0.05) is 20.8 Å². The molecule has 1 fully saturated rings. The fourth-order valence-corrected chi connectivity index (χ4v) is 3.32. The predicted octanol–water partition coefficient (Wildman–Crippen LogP) is 1.19. The maximum Gasteiger partial charge on any atom is 0.222 e. The van der Waals surface area contributed by atoms with Crippen molar-refractivity contribution in [1.29, 1.82) is 0 Å². The molecule has 0 aliphatic carbocycles. The third-order valence-electron chi connectivity index (χ3n) is 4.07. The summed E-state index contributed by atoms with van der Waals surface area (Å²) in [6, 6.07) is 0. The minimum Gasteiger partial charge on any atom is -0.354 e. The summed E-state index contributed by atoms with van der Waals surface area (Å²) in [5.41, 5.74) is 0. The number of anilines is 1. The highest BCUT2D eigenvalue weighted by molar-refractivity contribution is 14.0. The van der Waals surface area contributed by atoms with Crippen LogP contribution < -0.4 is 15.5 Å². The lowest BCUT2D eigenvalue weighted by Gasteiger charge is -2.36. The monoisotopic (exact) mass is 495 g/mol. The van der Waals surface area contributed by atoms with E-state index in [0.717, 1.165) is 49.5 Å². The van der Waals surface area contributed by atoms with Crippen molar-refractivity contribution in [3.05, 3.63) is 5.82 Å². The molecule has 10 heteroatoms. The number of aryl methyl sites for hydroxylation is 1. The molecule has 2 rings (SSSR count). The van der Waals surface area contributed by atoms with Crippen LogP contribution in [0.4, 0.5) is 5.13 Å². The number of nitrogens with one attached hydrogen (secondary N) is 2. The zero-order valence-electron chi connectivity index (χ0n) is 16.0. The first kappa shape index (κ1) is 22.9. The molecule has 26 heavy (non-hydrogen) atoms. The number of carbonyl (C=O) groups is 1. The van der Waals surface area contributed by atoms with Gasteiger partial charge >= 0.3 is 0 Å². The van der Waals surface area contributed by atoms with Gasteiger partial charge in [-0.3, -0.25) is 9.79 Å². The van der Waals surface area contributed by atoms with Crippen LogP contribution in [0.3, 0.4) is 0 Å². The van der Waals surface area contributed by atoms with Gasteiger partial charge in [0.05, 0.1) is 0 Å². The van der Waals surface area contributed by atoms with E-state index in [1.165, 1.54) is 11.5 Å². The second-order valence-corrected chi connectivity index (χ2v) is 6.97. The molecule has 0 unspecified atom stereocenters. The van der Waals surface area contributed by atoms with E-state index in [-0.39, 0.29) is 35.8 Å². The zero-order chi connectivity index (χ0) is 18.2. The van der Waals surface area contributed by atoms with Crippen molar-refractivity contribution in [2.24, 2.45) is 10.9 Å². The van der Waals surface area contributed by atoms with Crippen molar-refractivity contribution < 1.29 is 4.79 Å². The summed E-state index contributed by atoms with van der Waals surface area (Å²) in [5, 5.41) is 7.23. The van der Waals surface area contributed by atoms with E-state index < -0.39 is 0 Å². The number of piperazine rings is 1. The van der Waals surface area contributed by atoms with Crippen LogP contribution in [0.15, 0.2) is 4.99 Å². The lowest BCUT2D eigenvalue weighted by Crippen LogP contribution is -2.53. The third kappa shape index (κ3) is 6.53. The molecule has 0 aromatic carbocycles. The molecule has 8 nitrogen and oxygen atoms in total. The van der Waals surface area contributed by atoms with Gasteiger partial charge in [0.25, 0.3) is 0 Å². The second-order valence-electron chi connectivity index (χ2n) is 6.24. The molecule has 0 atom stereocenters. The molecule has 0 radical (unpaired) electrons. The standard InChI is InChI=1S/C16H29N7OS.HI/c1-5-13-20-16(25-21-13)23-10-8-22(9-11-23)15(17-4)19-7-6-18-14(24)12(2)3;/h12H,5-11H2,1-4H3,(H,17,19)(H,18,24);1H. The second kappa shape index (κ2) is 11.5. The van der Waals surface area contributed by atoms with Crippen molar-refractivity contribution in [3.63, 3.8) is 0 Å². The fraction of sp³-hybridized carbons (Fsp3) is 0.750. The third-order valence-corrected chi connectivity index (χ3v) is 4.88. The summed E-state index contributed by atoms with van der Waals surface area (Å²) in [7, 11) is 1.79. The molecule has 1 amide bonds. The van der Waals surface area contributed by atoms with Crippen LogP contribution in [0.25, 0.3) is 0 Å². The first-order valence-electron chi connectivity index (χ1n) is 8.86. The number of rotatable bonds is 6. The Hall–Kier alpha value is -1.17. The van der Waals surface area contributed by atoms with E-state index >= 15 is 0 Å². The number of aliphatic imine (C=N–C) groups is 1. The number of hydrogen-bond acceptors (Lipinski definition) is 6. The van der Waals surface area contributed by atoms with Crippen molar-refractivity contribution in [1.82, 2.24) is 24.9 Å². The molecule has 1 aliphatic rings. The van der Waals surface area contributed by atoms with Crippen LogP contribution >= 0.6 is 35.5 Å². The van der Waals surface area contributed by atoms with Crippen LogP contribution in [0.5, 0.6) is 0 Å². The van der Waals surface area contributed by atoms with Crippen molar-refractivity contribution in [2.75, 3.05) is 51.2 Å². The Labute approximate surface area is 177 Å². The van der Waals surface area contributed by atoms with Crippen LogP contribution in [-0.4, -0.2) is 72.4 Å². The first-order valence-corrected chi connectivity index (χ1v) is 9.63. The number of hydrogen-bond donors (Lipinski definition) is 2. The molecule has 148 valence electrons. The highest BCUT2D eigenvalue weighted by atomic mass is 127. The van der Waals surface area contributed by atoms with Crippen LogP contribution in [-0.2, 0) is 11.2 Å². The Bertz CT molecular complexity index is 585. The summed E-state index contributed by atoms with van der Waals surface area (Å²) in [6.45, 7) is 10.7. The fourth-order valence-electron chi connectivity index (χ4n) is 2.52. The summed E-state index contributed by atoms with van der Waals surface area (Å²) in [6.07, 6.45) is 0.875. The molecule has 0 spiro atoms. The van der Waals surface area contributed by atoms with Gasteiger partial charge in [0.2, 0.25) is 11.0 Å². The Morgan fingerprint density at radius 2 is 1.88 bits per heavy atom. The van der Waals surface area contributed by atoms with Crippen LogP contribution in [0, 0.1) is 5.92 Å². The van der Waals surface area contributed by atoms with Gasteiger partial charge < -0.3 is 20.4 Å². The largest absolute Gasteiger partial charge is 0.354 e. The van der Waals surface area contributed by atoms with E-state index in [2.05, 4.69) is 41.7 Å². The van der Waals surface area contributed by atoms with Crippen LogP contribution in [0.2, 0.25) is 0 Å². The minimum atomic E-state index is 0. The highest BCUT2D eigenvalue weighted by Crippen LogP contribution is 2.19. The highest BCUT2D eigenvalue weighted by Gasteiger charge is 2.21. The van der Waals surface area contributed by atoms with Crippen molar-refractivity contribution >= 4 is 52.5 Å². The van der Waals surface area contributed by atoms with Gasteiger partial charge in [0.15, 0.2) is 5.96 Å². The molecule has 1 aromatic heterocycles.